The highest BCUT2D eigenvalue weighted by Gasteiger charge is 2.54. The Morgan fingerprint density at radius 2 is 2.29 bits per heavy atom. The summed E-state index contributed by atoms with van der Waals surface area (Å²) in [6.45, 7) is 3.04. The van der Waals surface area contributed by atoms with E-state index in [1.54, 1.807) is 0 Å². The highest BCUT2D eigenvalue weighted by molar-refractivity contribution is 8.00. The van der Waals surface area contributed by atoms with E-state index in [2.05, 4.69) is 27.3 Å². The molecule has 28 heavy (non-hydrogen) atoms. The average Bonchev–Trinajstić information content (AvgIpc) is 3.09. The van der Waals surface area contributed by atoms with E-state index < -0.39 is 34.9 Å². The number of hydrogen-bond acceptors (Lipinski definition) is 11. The van der Waals surface area contributed by atoms with Gasteiger partial charge in [0, 0.05) is 23.4 Å². The minimum atomic E-state index is -1.29. The van der Waals surface area contributed by atoms with Gasteiger partial charge >= 0.3 is 5.97 Å². The Morgan fingerprint density at radius 3 is 2.86 bits per heavy atom. The Bertz CT molecular complexity index is 912. The molecule has 1 aromatic rings. The van der Waals surface area contributed by atoms with E-state index >= 15 is 0 Å². The first kappa shape index (κ1) is 19.6. The fourth-order valence-corrected chi connectivity index (χ4v) is 4.61. The number of rotatable bonds is 7. The van der Waals surface area contributed by atoms with Crippen LogP contribution in [-0.4, -0.2) is 74.2 Å². The van der Waals surface area contributed by atoms with Crippen LogP contribution in [0.4, 0.5) is 5.13 Å². The summed E-state index contributed by atoms with van der Waals surface area (Å²) >= 11 is 2.31. The Balaban J connectivity index is 1.76. The van der Waals surface area contributed by atoms with Crippen molar-refractivity contribution in [3.8, 4) is 0 Å². The van der Waals surface area contributed by atoms with Crippen LogP contribution in [0.15, 0.2) is 27.0 Å². The molecule has 5 N–H and O–H groups in total. The van der Waals surface area contributed by atoms with Crippen LogP contribution in [0.1, 0.15) is 5.69 Å². The molecule has 2 amide bonds. The lowest BCUT2D eigenvalue weighted by molar-refractivity contribution is -0.150. The molecule has 3 heterocycles. The van der Waals surface area contributed by atoms with Crippen molar-refractivity contribution in [2.75, 3.05) is 18.1 Å². The second-order valence-electron chi connectivity index (χ2n) is 5.54. The van der Waals surface area contributed by atoms with Crippen LogP contribution in [0.2, 0.25) is 0 Å². The van der Waals surface area contributed by atoms with Crippen LogP contribution in [-0.2, 0) is 19.2 Å². The van der Waals surface area contributed by atoms with Gasteiger partial charge in [-0.3, -0.25) is 14.5 Å². The zero-order chi connectivity index (χ0) is 20.4. The minimum Gasteiger partial charge on any atom is -0.477 e. The number of nitrogen functional groups attached to an aromatic ring is 1. The Hall–Kier alpha value is -3.13. The normalized spacial score (nSPS) is 21.6. The van der Waals surface area contributed by atoms with E-state index in [9.17, 15) is 19.5 Å². The second kappa shape index (κ2) is 7.85. The standard InChI is InChI=1S/C14H14N6O6S2/c1-16-26-2-5-3-27-12-8(11(22)20(12)9(5)13(23)24)18-10(21)7(19-25)6-4-28-14(15)17-6/h4,8,12,25H,1-3H2,(H2,15,17)(H,18,21)(H,23,24)/b19-7-/t8-,12-/m1/s1. The SMILES string of the molecule is C=NOCC1=C(C(=O)O)N2C(=O)[C@@H](NC(=O)/C(=N\O)c3csc(N)n3)[C@H]2SC1. The largest absolute Gasteiger partial charge is 0.477 e. The number of thiazole rings is 1. The van der Waals surface area contributed by atoms with Crippen LogP contribution in [0.3, 0.4) is 0 Å². The van der Waals surface area contributed by atoms with Crippen molar-refractivity contribution in [3.05, 3.63) is 22.3 Å². The molecule has 2 atom stereocenters. The molecule has 1 aromatic heterocycles. The van der Waals surface area contributed by atoms with Gasteiger partial charge in [-0.15, -0.1) is 28.3 Å². The van der Waals surface area contributed by atoms with Crippen molar-refractivity contribution < 1.29 is 29.5 Å². The molecule has 0 radical (unpaired) electrons. The number of nitrogens with zero attached hydrogens (tertiary/aromatic N) is 4. The van der Waals surface area contributed by atoms with E-state index in [-0.39, 0.29) is 28.9 Å². The number of carbonyl (C=O) groups is 3. The van der Waals surface area contributed by atoms with Crippen molar-refractivity contribution in [1.82, 2.24) is 15.2 Å². The summed E-state index contributed by atoms with van der Waals surface area (Å²) in [6.07, 6.45) is 0. The van der Waals surface area contributed by atoms with Gasteiger partial charge in [0.1, 0.15) is 29.4 Å². The number of oxime groups is 2. The van der Waals surface area contributed by atoms with Crippen molar-refractivity contribution in [2.45, 2.75) is 11.4 Å². The molecule has 1 fully saturated rings. The van der Waals surface area contributed by atoms with Gasteiger partial charge in [-0.05, 0) is 0 Å². The van der Waals surface area contributed by atoms with E-state index in [1.165, 1.54) is 17.1 Å². The molecule has 3 rings (SSSR count). The smallest absolute Gasteiger partial charge is 0.352 e. The van der Waals surface area contributed by atoms with E-state index in [0.29, 0.717) is 5.57 Å². The monoisotopic (exact) mass is 426 g/mol. The van der Waals surface area contributed by atoms with Gasteiger partial charge < -0.3 is 26.2 Å². The first-order valence-corrected chi connectivity index (χ1v) is 9.54. The highest BCUT2D eigenvalue weighted by atomic mass is 32.2. The van der Waals surface area contributed by atoms with E-state index in [4.69, 9.17) is 15.8 Å². The van der Waals surface area contributed by atoms with E-state index in [1.807, 2.05) is 0 Å². The first-order chi connectivity index (χ1) is 13.4. The van der Waals surface area contributed by atoms with Gasteiger partial charge in [0.15, 0.2) is 10.8 Å². The third-order valence-electron chi connectivity index (χ3n) is 3.95. The third kappa shape index (κ3) is 3.38. The first-order valence-electron chi connectivity index (χ1n) is 7.61. The van der Waals surface area contributed by atoms with Crippen molar-refractivity contribution in [2.24, 2.45) is 10.3 Å². The van der Waals surface area contributed by atoms with Gasteiger partial charge in [0.05, 0.1) is 0 Å². The maximum absolute atomic E-state index is 12.5. The van der Waals surface area contributed by atoms with Crippen LogP contribution < -0.4 is 11.1 Å². The average molecular weight is 426 g/mol. The predicted molar refractivity (Wildman–Crippen MR) is 100 cm³/mol. The fourth-order valence-electron chi connectivity index (χ4n) is 2.74. The molecule has 0 saturated carbocycles. The molecule has 1 saturated heterocycles. The van der Waals surface area contributed by atoms with Gasteiger partial charge in [-0.2, -0.15) is 0 Å². The molecule has 148 valence electrons. The van der Waals surface area contributed by atoms with Crippen molar-refractivity contribution in [1.29, 1.82) is 0 Å². The van der Waals surface area contributed by atoms with E-state index in [0.717, 1.165) is 16.2 Å². The maximum Gasteiger partial charge on any atom is 0.352 e. The number of carboxylic acids is 1. The number of aliphatic carboxylic acids is 1. The second-order valence-corrected chi connectivity index (χ2v) is 7.54. The number of hydrogen-bond donors (Lipinski definition) is 4. The van der Waals surface area contributed by atoms with Crippen LogP contribution in [0.25, 0.3) is 0 Å². The zero-order valence-corrected chi connectivity index (χ0v) is 15.7. The number of nitrogens with one attached hydrogen (secondary N) is 1. The van der Waals surface area contributed by atoms with Crippen molar-refractivity contribution >= 4 is 58.4 Å². The number of β-lactam (4-membered cyclic amide) rings is 1. The van der Waals surface area contributed by atoms with Gasteiger partial charge in [0.2, 0.25) is 0 Å². The maximum atomic E-state index is 12.5. The number of thioether (sulfide) groups is 1. The number of amides is 2. The molecule has 0 aliphatic carbocycles. The summed E-state index contributed by atoms with van der Waals surface area (Å²) < 4.78 is 0. The van der Waals surface area contributed by atoms with Crippen LogP contribution >= 0.6 is 23.1 Å². The Kier molecular flexibility index (Phi) is 5.51. The lowest BCUT2D eigenvalue weighted by Gasteiger charge is -2.49. The summed E-state index contributed by atoms with van der Waals surface area (Å²) in [4.78, 5) is 46.3. The molecule has 0 aromatic carbocycles. The molecular formula is C14H14N6O6S2. The summed E-state index contributed by atoms with van der Waals surface area (Å²) in [5.41, 5.74) is 5.33. The van der Waals surface area contributed by atoms with Gasteiger partial charge in [0.25, 0.3) is 11.8 Å². The molecule has 0 spiro atoms. The number of aromatic nitrogens is 1. The predicted octanol–water partition coefficient (Wildman–Crippen LogP) is -0.726. The number of carbonyl (C=O) groups excluding carboxylic acids is 2. The Labute approximate surface area is 165 Å². The number of fused-ring (bicyclic) bond motifs is 1. The molecular weight excluding hydrogens is 412 g/mol. The molecule has 2 aliphatic heterocycles. The van der Waals surface area contributed by atoms with Crippen LogP contribution in [0.5, 0.6) is 0 Å². The Morgan fingerprint density at radius 1 is 1.54 bits per heavy atom. The third-order valence-corrected chi connectivity index (χ3v) is 5.96. The zero-order valence-electron chi connectivity index (χ0n) is 14.1. The molecule has 12 nitrogen and oxygen atoms in total. The number of nitrogens with two attached hydrogens (primary N) is 1. The fraction of sp³-hybridized carbons (Fsp3) is 0.286. The number of anilines is 1. The lowest BCUT2D eigenvalue weighted by atomic mass is 10.0. The highest BCUT2D eigenvalue weighted by Crippen LogP contribution is 2.40. The molecule has 0 bridgehead atoms. The molecule has 2 aliphatic rings. The van der Waals surface area contributed by atoms with Crippen LogP contribution in [0, 0.1) is 0 Å². The van der Waals surface area contributed by atoms with Crippen molar-refractivity contribution in [3.63, 3.8) is 0 Å². The summed E-state index contributed by atoms with van der Waals surface area (Å²) in [7, 11) is 0. The summed E-state index contributed by atoms with van der Waals surface area (Å²) in [5.74, 6) is -2.47. The topological polar surface area (TPSA) is 180 Å². The van der Waals surface area contributed by atoms with Gasteiger partial charge in [-0.25, -0.2) is 9.78 Å². The molecule has 14 heteroatoms. The quantitative estimate of drug-likeness (QED) is 0.189. The number of carboxylic acid groups (broad SMARTS) is 1. The summed E-state index contributed by atoms with van der Waals surface area (Å²) in [6, 6.07) is -0.986. The minimum absolute atomic E-state index is 0.0601. The molecule has 0 unspecified atom stereocenters. The van der Waals surface area contributed by atoms with Gasteiger partial charge in [-0.1, -0.05) is 5.16 Å². The summed E-state index contributed by atoms with van der Waals surface area (Å²) in [5, 5.41) is 28.2. The lowest BCUT2D eigenvalue weighted by Crippen LogP contribution is -2.71.